The van der Waals surface area contributed by atoms with Crippen LogP contribution < -0.4 is 5.32 Å². The van der Waals surface area contributed by atoms with Crippen molar-refractivity contribution in [1.29, 1.82) is 0 Å². The molecule has 0 aliphatic carbocycles. The highest BCUT2D eigenvalue weighted by molar-refractivity contribution is 6.28. The van der Waals surface area contributed by atoms with E-state index >= 15 is 0 Å². The van der Waals surface area contributed by atoms with Crippen LogP contribution in [0.1, 0.15) is 13.3 Å². The molecule has 17 heavy (non-hydrogen) atoms. The monoisotopic (exact) mass is 253 g/mol. The lowest BCUT2D eigenvalue weighted by atomic mass is 10.0. The van der Waals surface area contributed by atoms with Gasteiger partial charge in [-0.15, -0.1) is 0 Å². The van der Waals surface area contributed by atoms with E-state index in [1.807, 2.05) is 0 Å². The van der Waals surface area contributed by atoms with Crippen molar-refractivity contribution in [3.8, 4) is 0 Å². The summed E-state index contributed by atoms with van der Waals surface area (Å²) in [6.45, 7) is 3.51. The number of fused-ring (bicyclic) bond motifs is 1. The normalized spacial score (nSPS) is 24.4. The first-order chi connectivity index (χ1) is 8.16. The predicted octanol–water partition coefficient (Wildman–Crippen LogP) is 1.60. The molecule has 2 N–H and O–H groups in total. The number of ether oxygens (including phenoxy) is 1. The standard InChI is InChI=1S/C10H12ClN5O/c1-10(2-3-17-4-10)16-8-6-7(13-5-12-6)14-9(11)15-8/h5H,2-4H2,1H3,(H2,12,13,14,15,16). The molecule has 7 heteroatoms. The minimum atomic E-state index is -0.115. The molecule has 0 saturated carbocycles. The molecule has 1 fully saturated rings. The van der Waals surface area contributed by atoms with Crippen LogP contribution in [0.15, 0.2) is 6.33 Å². The van der Waals surface area contributed by atoms with Gasteiger partial charge in [0.05, 0.1) is 18.5 Å². The summed E-state index contributed by atoms with van der Waals surface area (Å²) in [5, 5.41) is 3.54. The van der Waals surface area contributed by atoms with Crippen LogP contribution >= 0.6 is 11.6 Å². The summed E-state index contributed by atoms with van der Waals surface area (Å²) in [5.74, 6) is 0.672. The largest absolute Gasteiger partial charge is 0.379 e. The molecule has 0 amide bonds. The highest BCUT2D eigenvalue weighted by atomic mass is 35.5. The summed E-state index contributed by atoms with van der Waals surface area (Å²) in [4.78, 5) is 15.3. The first-order valence-electron chi connectivity index (χ1n) is 5.39. The zero-order chi connectivity index (χ0) is 11.9. The number of imidazole rings is 1. The molecule has 0 bridgehead atoms. The molecule has 0 radical (unpaired) electrons. The van der Waals surface area contributed by atoms with Gasteiger partial charge in [0.2, 0.25) is 5.28 Å². The Hall–Kier alpha value is -1.40. The molecule has 1 atom stereocenters. The van der Waals surface area contributed by atoms with Gasteiger partial charge in [-0.1, -0.05) is 0 Å². The van der Waals surface area contributed by atoms with Crippen LogP contribution in [0.5, 0.6) is 0 Å². The third-order valence-corrected chi connectivity index (χ3v) is 3.07. The van der Waals surface area contributed by atoms with Gasteiger partial charge in [-0.05, 0) is 24.9 Å². The molecule has 1 aliphatic heterocycles. The van der Waals surface area contributed by atoms with Crippen LogP contribution in [0, 0.1) is 0 Å². The number of halogens is 1. The fourth-order valence-electron chi connectivity index (χ4n) is 1.95. The Morgan fingerprint density at radius 1 is 1.53 bits per heavy atom. The van der Waals surface area contributed by atoms with Crippen LogP contribution in [-0.4, -0.2) is 38.7 Å². The lowest BCUT2D eigenvalue weighted by Gasteiger charge is -2.24. The first kappa shape index (κ1) is 10.7. The average molecular weight is 254 g/mol. The van der Waals surface area contributed by atoms with Gasteiger partial charge in [0.1, 0.15) is 5.52 Å². The van der Waals surface area contributed by atoms with Gasteiger partial charge in [-0.25, -0.2) is 4.98 Å². The van der Waals surface area contributed by atoms with E-state index in [0.717, 1.165) is 18.5 Å². The lowest BCUT2D eigenvalue weighted by molar-refractivity contribution is 0.185. The summed E-state index contributed by atoms with van der Waals surface area (Å²) >= 11 is 5.86. The number of nitrogens with zero attached hydrogens (tertiary/aromatic N) is 3. The second kappa shape index (κ2) is 3.82. The van der Waals surface area contributed by atoms with E-state index in [1.54, 1.807) is 6.33 Å². The van der Waals surface area contributed by atoms with Crippen LogP contribution in [-0.2, 0) is 4.74 Å². The lowest BCUT2D eigenvalue weighted by Crippen LogP contribution is -2.35. The SMILES string of the molecule is CC1(Nc2nc(Cl)nc3nc[nH]c23)CCOC1. The summed E-state index contributed by atoms with van der Waals surface area (Å²) in [7, 11) is 0. The van der Waals surface area contributed by atoms with E-state index in [4.69, 9.17) is 16.3 Å². The van der Waals surface area contributed by atoms with Crippen LogP contribution in [0.2, 0.25) is 5.28 Å². The molecule has 90 valence electrons. The number of hydrogen-bond donors (Lipinski definition) is 2. The van der Waals surface area contributed by atoms with Crippen molar-refractivity contribution in [2.45, 2.75) is 18.9 Å². The Kier molecular flexibility index (Phi) is 2.41. The van der Waals surface area contributed by atoms with E-state index in [2.05, 4.69) is 32.2 Å². The van der Waals surface area contributed by atoms with Crippen molar-refractivity contribution in [3.63, 3.8) is 0 Å². The van der Waals surface area contributed by atoms with Crippen molar-refractivity contribution in [1.82, 2.24) is 19.9 Å². The number of nitrogens with one attached hydrogen (secondary N) is 2. The molecule has 1 unspecified atom stereocenters. The van der Waals surface area contributed by atoms with Crippen LogP contribution in [0.25, 0.3) is 11.2 Å². The second-order valence-corrected chi connectivity index (χ2v) is 4.77. The Labute approximate surface area is 103 Å². The number of H-pyrrole nitrogens is 1. The molecule has 1 saturated heterocycles. The van der Waals surface area contributed by atoms with Gasteiger partial charge < -0.3 is 15.0 Å². The van der Waals surface area contributed by atoms with E-state index in [-0.39, 0.29) is 10.8 Å². The van der Waals surface area contributed by atoms with E-state index in [0.29, 0.717) is 18.1 Å². The maximum absolute atomic E-state index is 5.86. The van der Waals surface area contributed by atoms with Crippen LogP contribution in [0.3, 0.4) is 0 Å². The van der Waals surface area contributed by atoms with Gasteiger partial charge in [0.25, 0.3) is 0 Å². The van der Waals surface area contributed by atoms with E-state index in [1.165, 1.54) is 0 Å². The minimum absolute atomic E-state index is 0.115. The van der Waals surface area contributed by atoms with Crippen molar-refractivity contribution in [2.75, 3.05) is 18.5 Å². The first-order valence-corrected chi connectivity index (χ1v) is 5.77. The highest BCUT2D eigenvalue weighted by Crippen LogP contribution is 2.26. The van der Waals surface area contributed by atoms with Crippen molar-refractivity contribution < 1.29 is 4.74 Å². The van der Waals surface area contributed by atoms with Crippen LogP contribution in [0.4, 0.5) is 5.82 Å². The second-order valence-electron chi connectivity index (χ2n) is 4.43. The maximum atomic E-state index is 5.86. The minimum Gasteiger partial charge on any atom is -0.379 e. The average Bonchev–Trinajstić information content (AvgIpc) is 2.86. The van der Waals surface area contributed by atoms with Gasteiger partial charge in [0.15, 0.2) is 11.5 Å². The smallest absolute Gasteiger partial charge is 0.226 e. The summed E-state index contributed by atoms with van der Waals surface area (Å²) < 4.78 is 5.39. The Morgan fingerprint density at radius 2 is 2.41 bits per heavy atom. The fourth-order valence-corrected chi connectivity index (χ4v) is 2.11. The Bertz CT molecular complexity index is 549. The molecular formula is C10H12ClN5O. The number of anilines is 1. The van der Waals surface area contributed by atoms with Crippen molar-refractivity contribution >= 4 is 28.6 Å². The Morgan fingerprint density at radius 3 is 3.18 bits per heavy atom. The fraction of sp³-hybridized carbons (Fsp3) is 0.500. The molecule has 0 spiro atoms. The van der Waals surface area contributed by atoms with E-state index < -0.39 is 0 Å². The Balaban J connectivity index is 2.01. The number of rotatable bonds is 2. The summed E-state index contributed by atoms with van der Waals surface area (Å²) in [5.41, 5.74) is 1.22. The number of hydrogen-bond acceptors (Lipinski definition) is 5. The zero-order valence-electron chi connectivity index (χ0n) is 9.33. The van der Waals surface area contributed by atoms with Gasteiger partial charge >= 0.3 is 0 Å². The van der Waals surface area contributed by atoms with Gasteiger partial charge in [-0.3, -0.25) is 0 Å². The molecule has 0 aromatic carbocycles. The third kappa shape index (κ3) is 1.94. The maximum Gasteiger partial charge on any atom is 0.226 e. The highest BCUT2D eigenvalue weighted by Gasteiger charge is 2.30. The topological polar surface area (TPSA) is 75.7 Å². The molecule has 3 rings (SSSR count). The molecular weight excluding hydrogens is 242 g/mol. The summed E-state index contributed by atoms with van der Waals surface area (Å²) in [6.07, 6.45) is 2.51. The molecule has 2 aromatic heterocycles. The van der Waals surface area contributed by atoms with Gasteiger partial charge in [0, 0.05) is 6.61 Å². The van der Waals surface area contributed by atoms with Gasteiger partial charge in [-0.2, -0.15) is 9.97 Å². The van der Waals surface area contributed by atoms with Crippen molar-refractivity contribution in [2.24, 2.45) is 0 Å². The van der Waals surface area contributed by atoms with E-state index in [9.17, 15) is 0 Å². The number of aromatic amines is 1. The molecule has 3 heterocycles. The number of aromatic nitrogens is 4. The molecule has 1 aliphatic rings. The third-order valence-electron chi connectivity index (χ3n) is 2.90. The van der Waals surface area contributed by atoms with Crippen molar-refractivity contribution in [3.05, 3.63) is 11.6 Å². The quantitative estimate of drug-likeness (QED) is 0.795. The molecule has 2 aromatic rings. The summed E-state index contributed by atoms with van der Waals surface area (Å²) in [6, 6.07) is 0. The predicted molar refractivity (Wildman–Crippen MR) is 64.2 cm³/mol. The zero-order valence-corrected chi connectivity index (χ0v) is 10.1. The molecule has 6 nitrogen and oxygen atoms in total.